The summed E-state index contributed by atoms with van der Waals surface area (Å²) in [5.41, 5.74) is 2.76. The SMILES string of the molecule is CN(Cc1ccc(-c2ccc(Cl)cc2)o1)C(=O)CN1C(=O)NC(Cc2c[nH]c3ccccc23)C1=O. The van der Waals surface area contributed by atoms with Gasteiger partial charge in [-0.25, -0.2) is 4.79 Å². The predicted molar refractivity (Wildman–Crippen MR) is 132 cm³/mol. The van der Waals surface area contributed by atoms with Gasteiger partial charge in [-0.2, -0.15) is 0 Å². The first-order chi connectivity index (χ1) is 16.9. The van der Waals surface area contributed by atoms with Gasteiger partial charge < -0.3 is 19.6 Å². The number of carbonyl (C=O) groups is 3. The van der Waals surface area contributed by atoms with E-state index in [0.717, 1.165) is 26.9 Å². The maximum absolute atomic E-state index is 12.9. The number of aromatic nitrogens is 1. The van der Waals surface area contributed by atoms with E-state index in [4.69, 9.17) is 16.0 Å². The Morgan fingerprint density at radius 1 is 1.09 bits per heavy atom. The van der Waals surface area contributed by atoms with Crippen LogP contribution in [0.1, 0.15) is 11.3 Å². The molecule has 2 N–H and O–H groups in total. The lowest BCUT2D eigenvalue weighted by molar-refractivity contribution is -0.137. The largest absolute Gasteiger partial charge is 0.459 e. The highest BCUT2D eigenvalue weighted by atomic mass is 35.5. The van der Waals surface area contributed by atoms with Gasteiger partial charge >= 0.3 is 6.03 Å². The number of imide groups is 1. The van der Waals surface area contributed by atoms with Crippen molar-refractivity contribution in [3.63, 3.8) is 0 Å². The van der Waals surface area contributed by atoms with Crippen LogP contribution in [-0.2, 0) is 22.6 Å². The van der Waals surface area contributed by atoms with Gasteiger partial charge in [-0.15, -0.1) is 0 Å². The molecule has 4 aromatic rings. The van der Waals surface area contributed by atoms with Crippen molar-refractivity contribution < 1.29 is 18.8 Å². The van der Waals surface area contributed by atoms with Gasteiger partial charge in [0.25, 0.3) is 5.91 Å². The van der Waals surface area contributed by atoms with Crippen molar-refractivity contribution in [3.8, 4) is 11.3 Å². The third-order valence-corrected chi connectivity index (χ3v) is 6.36. The Hall–Kier alpha value is -4.04. The Morgan fingerprint density at radius 3 is 2.66 bits per heavy atom. The standard InChI is InChI=1S/C26H23ClN4O4/c1-30(14-19-10-11-23(35-19)16-6-8-18(27)9-7-16)24(32)15-31-25(33)22(29-26(31)34)12-17-13-28-21-5-3-2-4-20(17)21/h2-11,13,22,28H,12,14-15H2,1H3,(H,29,34). The molecule has 0 aliphatic carbocycles. The Morgan fingerprint density at radius 2 is 1.86 bits per heavy atom. The van der Waals surface area contributed by atoms with E-state index in [1.54, 1.807) is 25.2 Å². The molecule has 1 unspecified atom stereocenters. The minimum Gasteiger partial charge on any atom is -0.459 e. The Balaban J connectivity index is 1.20. The van der Waals surface area contributed by atoms with Crippen LogP contribution in [0, 0.1) is 0 Å². The van der Waals surface area contributed by atoms with Crippen LogP contribution in [0.5, 0.6) is 0 Å². The summed E-state index contributed by atoms with van der Waals surface area (Å²) in [7, 11) is 1.61. The number of rotatable bonds is 7. The number of benzene rings is 2. The summed E-state index contributed by atoms with van der Waals surface area (Å²) in [5, 5.41) is 4.34. The molecule has 5 rings (SSSR count). The molecule has 1 aliphatic heterocycles. The number of carbonyl (C=O) groups excluding carboxylic acids is 3. The van der Waals surface area contributed by atoms with E-state index in [2.05, 4.69) is 10.3 Å². The van der Waals surface area contributed by atoms with Crippen LogP contribution in [0.15, 0.2) is 71.3 Å². The van der Waals surface area contributed by atoms with Gasteiger partial charge in [-0.3, -0.25) is 14.5 Å². The van der Waals surface area contributed by atoms with E-state index in [0.29, 0.717) is 23.0 Å². The number of nitrogens with zero attached hydrogens (tertiary/aromatic N) is 2. The minimum atomic E-state index is -0.716. The number of urea groups is 1. The summed E-state index contributed by atoms with van der Waals surface area (Å²) in [4.78, 5) is 43.8. The van der Waals surface area contributed by atoms with E-state index >= 15 is 0 Å². The van der Waals surface area contributed by atoms with E-state index in [1.807, 2.05) is 48.7 Å². The Bertz CT molecular complexity index is 1410. The second-order valence-corrected chi connectivity index (χ2v) is 8.95. The zero-order valence-electron chi connectivity index (χ0n) is 19.0. The first-order valence-electron chi connectivity index (χ1n) is 11.1. The molecule has 35 heavy (non-hydrogen) atoms. The van der Waals surface area contributed by atoms with Crippen LogP contribution in [-0.4, -0.2) is 52.3 Å². The average molecular weight is 491 g/mol. The van der Waals surface area contributed by atoms with E-state index in [-0.39, 0.29) is 19.0 Å². The van der Waals surface area contributed by atoms with Gasteiger partial charge in [0.1, 0.15) is 24.1 Å². The number of likely N-dealkylation sites (N-methyl/N-ethyl adjacent to an activating group) is 1. The maximum Gasteiger partial charge on any atom is 0.325 e. The van der Waals surface area contributed by atoms with Crippen LogP contribution in [0.25, 0.3) is 22.2 Å². The lowest BCUT2D eigenvalue weighted by Gasteiger charge is -2.19. The molecule has 4 amide bonds. The van der Waals surface area contributed by atoms with E-state index < -0.39 is 18.0 Å². The fraction of sp³-hybridized carbons (Fsp3) is 0.192. The molecule has 1 saturated heterocycles. The van der Waals surface area contributed by atoms with Crippen molar-refractivity contribution in [2.45, 2.75) is 19.0 Å². The highest BCUT2D eigenvalue weighted by Crippen LogP contribution is 2.25. The lowest BCUT2D eigenvalue weighted by atomic mass is 10.1. The molecule has 2 aromatic carbocycles. The summed E-state index contributed by atoms with van der Waals surface area (Å²) < 4.78 is 5.85. The second-order valence-electron chi connectivity index (χ2n) is 8.51. The molecule has 178 valence electrons. The van der Waals surface area contributed by atoms with Crippen LogP contribution in [0.4, 0.5) is 4.79 Å². The third-order valence-electron chi connectivity index (χ3n) is 6.11. The number of H-pyrrole nitrogens is 1. The number of furan rings is 1. The topological polar surface area (TPSA) is 98.7 Å². The van der Waals surface area contributed by atoms with Gasteiger partial charge in [0.05, 0.1) is 6.54 Å². The second kappa shape index (κ2) is 9.31. The fourth-order valence-electron chi connectivity index (χ4n) is 4.20. The number of hydrogen-bond donors (Lipinski definition) is 2. The van der Waals surface area contributed by atoms with Gasteiger partial charge in [-0.1, -0.05) is 29.8 Å². The first kappa shape index (κ1) is 22.7. The van der Waals surface area contributed by atoms with Gasteiger partial charge in [0, 0.05) is 41.2 Å². The maximum atomic E-state index is 12.9. The molecular weight excluding hydrogens is 468 g/mol. The summed E-state index contributed by atoms with van der Waals surface area (Å²) in [6.07, 6.45) is 2.18. The van der Waals surface area contributed by atoms with Crippen molar-refractivity contribution in [3.05, 3.63) is 83.2 Å². The van der Waals surface area contributed by atoms with Gasteiger partial charge in [0.15, 0.2) is 0 Å². The minimum absolute atomic E-state index is 0.203. The highest BCUT2D eigenvalue weighted by molar-refractivity contribution is 6.30. The molecule has 0 bridgehead atoms. The van der Waals surface area contributed by atoms with Gasteiger partial charge in [0.2, 0.25) is 5.91 Å². The van der Waals surface area contributed by atoms with Crippen molar-refractivity contribution in [1.82, 2.24) is 20.1 Å². The number of amides is 4. The van der Waals surface area contributed by atoms with E-state index in [9.17, 15) is 14.4 Å². The summed E-state index contributed by atoms with van der Waals surface area (Å²) >= 11 is 5.93. The molecule has 8 nitrogen and oxygen atoms in total. The number of nitrogens with one attached hydrogen (secondary N) is 2. The number of aromatic amines is 1. The fourth-order valence-corrected chi connectivity index (χ4v) is 4.32. The molecule has 0 radical (unpaired) electrons. The molecule has 2 aromatic heterocycles. The summed E-state index contributed by atoms with van der Waals surface area (Å²) in [6, 6.07) is 17.4. The number of fused-ring (bicyclic) bond motifs is 1. The smallest absolute Gasteiger partial charge is 0.325 e. The third kappa shape index (κ3) is 4.65. The van der Waals surface area contributed by atoms with Crippen LogP contribution in [0.2, 0.25) is 5.02 Å². The number of hydrogen-bond acceptors (Lipinski definition) is 4. The van der Waals surface area contributed by atoms with E-state index in [1.165, 1.54) is 4.90 Å². The molecule has 1 atom stereocenters. The van der Waals surface area contributed by atoms with Crippen molar-refractivity contribution >= 4 is 40.3 Å². The van der Waals surface area contributed by atoms with Crippen molar-refractivity contribution in [1.29, 1.82) is 0 Å². The van der Waals surface area contributed by atoms with Crippen LogP contribution in [0.3, 0.4) is 0 Å². The van der Waals surface area contributed by atoms with Gasteiger partial charge in [-0.05, 0) is 48.0 Å². The zero-order valence-corrected chi connectivity index (χ0v) is 19.7. The molecule has 9 heteroatoms. The van der Waals surface area contributed by atoms with Crippen molar-refractivity contribution in [2.24, 2.45) is 0 Å². The molecule has 0 saturated carbocycles. The number of halogens is 1. The number of para-hydroxylation sites is 1. The molecular formula is C26H23ClN4O4. The lowest BCUT2D eigenvalue weighted by Crippen LogP contribution is -2.41. The summed E-state index contributed by atoms with van der Waals surface area (Å²) in [5.74, 6) is 0.461. The Kier molecular flexibility index (Phi) is 6.05. The Labute approximate surface area is 206 Å². The monoisotopic (exact) mass is 490 g/mol. The predicted octanol–water partition coefficient (Wildman–Crippen LogP) is 4.20. The first-order valence-corrected chi connectivity index (χ1v) is 11.5. The normalized spacial score (nSPS) is 15.6. The average Bonchev–Trinajstić information content (AvgIpc) is 3.55. The molecule has 1 fully saturated rings. The van der Waals surface area contributed by atoms with Crippen LogP contribution < -0.4 is 5.32 Å². The van der Waals surface area contributed by atoms with Crippen LogP contribution >= 0.6 is 11.6 Å². The molecule has 3 heterocycles. The quantitative estimate of drug-likeness (QED) is 0.379. The zero-order chi connectivity index (χ0) is 24.5. The summed E-state index contributed by atoms with van der Waals surface area (Å²) in [6.45, 7) is -0.134. The molecule has 1 aliphatic rings. The molecule has 0 spiro atoms. The highest BCUT2D eigenvalue weighted by Gasteiger charge is 2.39. The van der Waals surface area contributed by atoms with Crippen molar-refractivity contribution in [2.75, 3.05) is 13.6 Å².